The van der Waals surface area contributed by atoms with Crippen LogP contribution >= 0.6 is 0 Å². The average Bonchev–Trinajstić information content (AvgIpc) is 3.12. The molecule has 24 heavy (non-hydrogen) atoms. The normalized spacial score (nSPS) is 22.0. The van der Waals surface area contributed by atoms with Crippen LogP contribution in [-0.4, -0.2) is 45.2 Å². The predicted octanol–water partition coefficient (Wildman–Crippen LogP) is 1.66. The lowest BCUT2D eigenvalue weighted by Gasteiger charge is -2.17. The summed E-state index contributed by atoms with van der Waals surface area (Å²) in [6, 6.07) is 1.82. The van der Waals surface area contributed by atoms with E-state index in [0.29, 0.717) is 35.8 Å². The lowest BCUT2D eigenvalue weighted by molar-refractivity contribution is -0.143. The molecule has 7 nitrogen and oxygen atoms in total. The van der Waals surface area contributed by atoms with E-state index >= 15 is 0 Å². The van der Waals surface area contributed by atoms with Crippen LogP contribution in [0.5, 0.6) is 23.0 Å². The minimum atomic E-state index is -0.267. The Balaban J connectivity index is 1.82. The van der Waals surface area contributed by atoms with Crippen LogP contribution in [0.3, 0.4) is 0 Å². The molecule has 0 spiro atoms. The number of ether oxygens (including phenoxy) is 5. The van der Waals surface area contributed by atoms with E-state index in [1.54, 1.807) is 14.2 Å². The largest absolute Gasteiger partial charge is 0.492 e. The van der Waals surface area contributed by atoms with Crippen LogP contribution in [0.2, 0.25) is 0 Å². The van der Waals surface area contributed by atoms with E-state index in [9.17, 15) is 4.79 Å². The van der Waals surface area contributed by atoms with Gasteiger partial charge < -0.3 is 29.0 Å². The molecule has 0 saturated carbocycles. The highest BCUT2D eigenvalue weighted by Gasteiger charge is 2.36. The summed E-state index contributed by atoms with van der Waals surface area (Å²) in [5.74, 6) is 2.03. The third-order valence-corrected chi connectivity index (χ3v) is 4.11. The first-order valence-corrected chi connectivity index (χ1v) is 8.03. The number of carbonyl (C=O) groups excluding carboxylic acids is 1. The Morgan fingerprint density at radius 2 is 2.00 bits per heavy atom. The molecule has 1 fully saturated rings. The van der Waals surface area contributed by atoms with Crippen molar-refractivity contribution in [2.45, 2.75) is 44.9 Å². The van der Waals surface area contributed by atoms with Crippen molar-refractivity contribution >= 4 is 5.97 Å². The molecule has 0 unspecified atom stereocenters. The van der Waals surface area contributed by atoms with Crippen LogP contribution in [0.15, 0.2) is 6.07 Å². The maximum Gasteiger partial charge on any atom is 0.323 e. The van der Waals surface area contributed by atoms with Gasteiger partial charge in [0.05, 0.1) is 14.2 Å². The first-order valence-electron chi connectivity index (χ1n) is 8.03. The van der Waals surface area contributed by atoms with E-state index in [2.05, 4.69) is 5.32 Å². The maximum atomic E-state index is 12.0. The Hall–Kier alpha value is -2.15. The molecular formula is C17H23NO6. The van der Waals surface area contributed by atoms with Gasteiger partial charge >= 0.3 is 5.97 Å². The van der Waals surface area contributed by atoms with Gasteiger partial charge in [0.15, 0.2) is 11.5 Å². The summed E-state index contributed by atoms with van der Waals surface area (Å²) in [6.07, 6.45) is 0.933. The van der Waals surface area contributed by atoms with Gasteiger partial charge in [-0.15, -0.1) is 0 Å². The van der Waals surface area contributed by atoms with E-state index in [1.165, 1.54) is 0 Å². The number of nitrogens with one attached hydrogen (secondary N) is 1. The fourth-order valence-corrected chi connectivity index (χ4v) is 3.17. The van der Waals surface area contributed by atoms with Crippen molar-refractivity contribution in [3.05, 3.63) is 11.6 Å². The molecule has 0 aromatic heterocycles. The molecule has 2 atom stereocenters. The van der Waals surface area contributed by atoms with Crippen LogP contribution in [0.25, 0.3) is 0 Å². The van der Waals surface area contributed by atoms with Gasteiger partial charge in [-0.1, -0.05) is 13.8 Å². The molecule has 7 heteroatoms. The maximum absolute atomic E-state index is 12.0. The van der Waals surface area contributed by atoms with Crippen molar-refractivity contribution in [2.75, 3.05) is 21.0 Å². The Morgan fingerprint density at radius 3 is 2.67 bits per heavy atom. The van der Waals surface area contributed by atoms with Crippen LogP contribution in [0.1, 0.15) is 25.8 Å². The first kappa shape index (κ1) is 16.7. The quantitative estimate of drug-likeness (QED) is 0.791. The molecule has 3 rings (SSSR count). The topological polar surface area (TPSA) is 75.3 Å². The Bertz CT molecular complexity index is 630. The van der Waals surface area contributed by atoms with Crippen LogP contribution < -0.4 is 24.3 Å². The molecule has 1 aromatic rings. The number of hydrogen-bond donors (Lipinski definition) is 1. The van der Waals surface area contributed by atoms with Crippen molar-refractivity contribution in [1.29, 1.82) is 0 Å². The van der Waals surface area contributed by atoms with Crippen LogP contribution in [0, 0.1) is 0 Å². The van der Waals surface area contributed by atoms with Crippen molar-refractivity contribution < 1.29 is 28.5 Å². The zero-order valence-electron chi connectivity index (χ0n) is 14.4. The molecule has 0 aliphatic carbocycles. The van der Waals surface area contributed by atoms with Gasteiger partial charge in [0.25, 0.3) is 0 Å². The van der Waals surface area contributed by atoms with Gasteiger partial charge in [-0.2, -0.15) is 0 Å². The number of fused-ring (bicyclic) bond motifs is 1. The second-order valence-corrected chi connectivity index (χ2v) is 6.21. The van der Waals surface area contributed by atoms with Crippen molar-refractivity contribution in [2.24, 2.45) is 0 Å². The van der Waals surface area contributed by atoms with Crippen molar-refractivity contribution in [3.63, 3.8) is 0 Å². The van der Waals surface area contributed by atoms with Crippen molar-refractivity contribution in [3.8, 4) is 23.0 Å². The van der Waals surface area contributed by atoms with E-state index < -0.39 is 0 Å². The lowest BCUT2D eigenvalue weighted by Crippen LogP contribution is -2.37. The fourth-order valence-electron chi connectivity index (χ4n) is 3.17. The highest BCUT2D eigenvalue weighted by molar-refractivity contribution is 5.78. The minimum Gasteiger partial charge on any atom is -0.492 e. The summed E-state index contributed by atoms with van der Waals surface area (Å²) in [7, 11) is 3.13. The van der Waals surface area contributed by atoms with Crippen molar-refractivity contribution in [1.82, 2.24) is 5.32 Å². The van der Waals surface area contributed by atoms with Gasteiger partial charge in [0, 0.05) is 24.4 Å². The smallest absolute Gasteiger partial charge is 0.323 e. The number of esters is 1. The summed E-state index contributed by atoms with van der Waals surface area (Å²) in [6.45, 7) is 4.16. The average molecular weight is 337 g/mol. The monoisotopic (exact) mass is 337 g/mol. The summed E-state index contributed by atoms with van der Waals surface area (Å²) in [5.41, 5.74) is 0.863. The van der Waals surface area contributed by atoms with E-state index in [-0.39, 0.29) is 30.9 Å². The third-order valence-electron chi connectivity index (χ3n) is 4.11. The molecule has 132 valence electrons. The lowest BCUT2D eigenvalue weighted by atomic mass is 10.0. The second-order valence-electron chi connectivity index (χ2n) is 6.21. The predicted molar refractivity (Wildman–Crippen MR) is 85.9 cm³/mol. The fraction of sp³-hybridized carbons (Fsp3) is 0.588. The standard InChI is InChI=1S/C17H23NO6/c1-9(2)18-12-7-11(24-17(12)19)5-10-6-13-15(23-8-22-13)16(21-4)14(10)20-3/h6,9,11-12,18H,5,7-8H2,1-4H3/t11-,12+/m1/s1. The highest BCUT2D eigenvalue weighted by Crippen LogP contribution is 2.49. The van der Waals surface area contributed by atoms with Gasteiger partial charge in [0.2, 0.25) is 18.3 Å². The molecule has 2 aliphatic heterocycles. The van der Waals surface area contributed by atoms with Crippen LogP contribution in [0.4, 0.5) is 0 Å². The number of rotatable bonds is 6. The van der Waals surface area contributed by atoms with E-state index in [4.69, 9.17) is 23.7 Å². The summed E-state index contributed by atoms with van der Waals surface area (Å²) in [4.78, 5) is 12.0. The molecule has 2 heterocycles. The first-order chi connectivity index (χ1) is 11.5. The zero-order chi connectivity index (χ0) is 17.3. The summed E-state index contributed by atoms with van der Waals surface area (Å²) < 4.78 is 27.3. The van der Waals surface area contributed by atoms with Crippen LogP contribution in [-0.2, 0) is 16.0 Å². The summed E-state index contributed by atoms with van der Waals surface area (Å²) >= 11 is 0. The molecule has 0 bridgehead atoms. The SMILES string of the molecule is COc1c(C[C@@H]2C[C@H](NC(C)C)C(=O)O2)cc2c(c1OC)OCO2. The number of methoxy groups -OCH3 is 2. The molecule has 2 aliphatic rings. The molecule has 1 N–H and O–H groups in total. The molecule has 1 aromatic carbocycles. The summed E-state index contributed by atoms with van der Waals surface area (Å²) in [5, 5.41) is 3.22. The third kappa shape index (κ3) is 3.08. The number of benzene rings is 1. The number of cyclic esters (lactones) is 1. The molecule has 0 radical (unpaired) electrons. The second kappa shape index (κ2) is 6.76. The Labute approximate surface area is 141 Å². The minimum absolute atomic E-state index is 0.150. The van der Waals surface area contributed by atoms with Gasteiger partial charge in [-0.05, 0) is 6.07 Å². The molecular weight excluding hydrogens is 314 g/mol. The van der Waals surface area contributed by atoms with E-state index in [1.807, 2.05) is 19.9 Å². The Morgan fingerprint density at radius 1 is 1.25 bits per heavy atom. The molecule has 1 saturated heterocycles. The number of carbonyl (C=O) groups is 1. The number of hydrogen-bond acceptors (Lipinski definition) is 7. The molecule has 0 amide bonds. The van der Waals surface area contributed by atoms with Gasteiger partial charge in [0.1, 0.15) is 12.1 Å². The Kier molecular flexibility index (Phi) is 4.71. The highest BCUT2D eigenvalue weighted by atomic mass is 16.7. The van der Waals surface area contributed by atoms with Gasteiger partial charge in [-0.25, -0.2) is 0 Å². The van der Waals surface area contributed by atoms with E-state index in [0.717, 1.165) is 5.56 Å². The zero-order valence-corrected chi connectivity index (χ0v) is 14.4. The van der Waals surface area contributed by atoms with Gasteiger partial charge in [-0.3, -0.25) is 4.79 Å².